The standard InChI is InChI=1S/C18H25NO5S/c20-17(7-13-25(21,22)16-4-2-1-3-5-16)19-15-6-10-24-18(14-15)8-11-23-12-9-18/h1-5,15H,6-14H2,(H,19,20). The minimum atomic E-state index is -3.43. The Balaban J connectivity index is 1.51. The van der Waals surface area contributed by atoms with Crippen molar-refractivity contribution >= 4 is 15.7 Å². The van der Waals surface area contributed by atoms with Crippen molar-refractivity contribution in [2.45, 2.75) is 48.6 Å². The van der Waals surface area contributed by atoms with Crippen molar-refractivity contribution < 1.29 is 22.7 Å². The summed E-state index contributed by atoms with van der Waals surface area (Å²) in [5.41, 5.74) is -0.190. The molecule has 1 aromatic carbocycles. The highest BCUT2D eigenvalue weighted by atomic mass is 32.2. The molecule has 0 radical (unpaired) electrons. The average Bonchev–Trinajstić information content (AvgIpc) is 2.62. The molecular weight excluding hydrogens is 342 g/mol. The quantitative estimate of drug-likeness (QED) is 0.857. The van der Waals surface area contributed by atoms with Gasteiger partial charge in [-0.05, 0) is 37.8 Å². The van der Waals surface area contributed by atoms with Crippen LogP contribution in [-0.2, 0) is 24.1 Å². The molecule has 2 saturated heterocycles. The smallest absolute Gasteiger partial charge is 0.221 e. The number of benzene rings is 1. The van der Waals surface area contributed by atoms with Gasteiger partial charge in [0.1, 0.15) is 0 Å². The van der Waals surface area contributed by atoms with Crippen LogP contribution in [0.3, 0.4) is 0 Å². The van der Waals surface area contributed by atoms with Crippen LogP contribution in [-0.4, -0.2) is 51.5 Å². The predicted octanol–water partition coefficient (Wildman–Crippen LogP) is 1.69. The van der Waals surface area contributed by atoms with Crippen LogP contribution in [0.2, 0.25) is 0 Å². The molecule has 0 aliphatic carbocycles. The second kappa shape index (κ2) is 7.85. The Morgan fingerprint density at radius 1 is 1.16 bits per heavy atom. The second-order valence-electron chi connectivity index (χ2n) is 6.78. The monoisotopic (exact) mass is 367 g/mol. The minimum Gasteiger partial charge on any atom is -0.381 e. The van der Waals surface area contributed by atoms with Gasteiger partial charge in [-0.15, -0.1) is 0 Å². The van der Waals surface area contributed by atoms with Gasteiger partial charge in [0.15, 0.2) is 9.84 Å². The Kier molecular flexibility index (Phi) is 5.76. The van der Waals surface area contributed by atoms with Crippen LogP contribution < -0.4 is 5.32 Å². The van der Waals surface area contributed by atoms with Crippen molar-refractivity contribution in [2.24, 2.45) is 0 Å². The van der Waals surface area contributed by atoms with E-state index in [0.717, 1.165) is 25.7 Å². The van der Waals surface area contributed by atoms with Crippen LogP contribution in [0, 0.1) is 0 Å². The number of hydrogen-bond donors (Lipinski definition) is 1. The van der Waals surface area contributed by atoms with Gasteiger partial charge in [0, 0.05) is 32.3 Å². The van der Waals surface area contributed by atoms with Gasteiger partial charge in [-0.2, -0.15) is 0 Å². The van der Waals surface area contributed by atoms with Crippen LogP contribution in [0.25, 0.3) is 0 Å². The molecule has 2 aliphatic heterocycles. The molecule has 1 aromatic rings. The summed E-state index contributed by atoms with van der Waals surface area (Å²) in [5.74, 6) is -0.390. The first-order valence-corrected chi connectivity index (χ1v) is 10.4. The number of carbonyl (C=O) groups is 1. The zero-order valence-electron chi connectivity index (χ0n) is 14.3. The van der Waals surface area contributed by atoms with Gasteiger partial charge < -0.3 is 14.8 Å². The highest BCUT2D eigenvalue weighted by molar-refractivity contribution is 7.91. The lowest BCUT2D eigenvalue weighted by Crippen LogP contribution is -2.51. The number of ether oxygens (including phenoxy) is 2. The number of nitrogens with one attached hydrogen (secondary N) is 1. The van der Waals surface area contributed by atoms with Crippen molar-refractivity contribution in [3.63, 3.8) is 0 Å². The fourth-order valence-corrected chi connectivity index (χ4v) is 4.78. The highest BCUT2D eigenvalue weighted by Gasteiger charge is 2.39. The van der Waals surface area contributed by atoms with E-state index < -0.39 is 9.84 Å². The molecular formula is C18H25NO5S. The van der Waals surface area contributed by atoms with Crippen LogP contribution in [0.1, 0.15) is 32.1 Å². The number of hydrogen-bond acceptors (Lipinski definition) is 5. The fourth-order valence-electron chi connectivity index (χ4n) is 3.52. The lowest BCUT2D eigenvalue weighted by atomic mass is 9.84. The first-order valence-electron chi connectivity index (χ1n) is 8.78. The molecule has 2 aliphatic rings. The summed E-state index contributed by atoms with van der Waals surface area (Å²) in [6, 6.07) is 8.29. The Morgan fingerprint density at radius 2 is 1.88 bits per heavy atom. The number of sulfone groups is 1. The van der Waals surface area contributed by atoms with Gasteiger partial charge in [-0.25, -0.2) is 8.42 Å². The molecule has 1 atom stereocenters. The molecule has 1 unspecified atom stereocenters. The highest BCUT2D eigenvalue weighted by Crippen LogP contribution is 2.34. The maximum Gasteiger partial charge on any atom is 0.221 e. The molecule has 0 bridgehead atoms. The molecule has 2 fully saturated rings. The van der Waals surface area contributed by atoms with Gasteiger partial charge in [0.05, 0.1) is 16.2 Å². The summed E-state index contributed by atoms with van der Waals surface area (Å²) in [7, 11) is -3.43. The normalized spacial score (nSPS) is 23.3. The van der Waals surface area contributed by atoms with Crippen LogP contribution in [0.4, 0.5) is 0 Å². The largest absolute Gasteiger partial charge is 0.381 e. The van der Waals surface area contributed by atoms with E-state index in [0.29, 0.717) is 19.8 Å². The van der Waals surface area contributed by atoms with Gasteiger partial charge >= 0.3 is 0 Å². The first kappa shape index (κ1) is 18.4. The summed E-state index contributed by atoms with van der Waals surface area (Å²) >= 11 is 0. The molecule has 7 heteroatoms. The predicted molar refractivity (Wildman–Crippen MR) is 93.0 cm³/mol. The molecule has 1 N–H and O–H groups in total. The Morgan fingerprint density at radius 3 is 2.60 bits per heavy atom. The van der Waals surface area contributed by atoms with Crippen molar-refractivity contribution in [3.8, 4) is 0 Å². The maximum atomic E-state index is 12.3. The second-order valence-corrected chi connectivity index (χ2v) is 8.89. The zero-order valence-corrected chi connectivity index (χ0v) is 15.1. The number of carbonyl (C=O) groups excluding carboxylic acids is 1. The van der Waals surface area contributed by atoms with Gasteiger partial charge in [0.25, 0.3) is 0 Å². The molecule has 2 heterocycles. The topological polar surface area (TPSA) is 81.7 Å². The van der Waals surface area contributed by atoms with E-state index in [4.69, 9.17) is 9.47 Å². The maximum absolute atomic E-state index is 12.3. The molecule has 25 heavy (non-hydrogen) atoms. The summed E-state index contributed by atoms with van der Waals surface area (Å²) in [4.78, 5) is 12.5. The number of amides is 1. The third-order valence-electron chi connectivity index (χ3n) is 4.96. The number of rotatable bonds is 5. The van der Waals surface area contributed by atoms with Crippen LogP contribution in [0.5, 0.6) is 0 Å². The summed E-state index contributed by atoms with van der Waals surface area (Å²) in [6.45, 7) is 2.00. The SMILES string of the molecule is O=C(CCS(=O)(=O)c1ccccc1)NC1CCOC2(CCOCC2)C1. The molecule has 138 valence electrons. The fraction of sp³-hybridized carbons (Fsp3) is 0.611. The molecule has 3 rings (SSSR count). The third kappa shape index (κ3) is 4.80. The van der Waals surface area contributed by atoms with E-state index in [2.05, 4.69) is 5.32 Å². The van der Waals surface area contributed by atoms with Gasteiger partial charge in [-0.1, -0.05) is 18.2 Å². The summed E-state index contributed by atoms with van der Waals surface area (Å²) in [6.07, 6.45) is 3.21. The molecule has 6 nitrogen and oxygen atoms in total. The molecule has 0 saturated carbocycles. The van der Waals surface area contributed by atoms with Crippen molar-refractivity contribution in [1.82, 2.24) is 5.32 Å². The van der Waals surface area contributed by atoms with Crippen molar-refractivity contribution in [1.29, 1.82) is 0 Å². The van der Waals surface area contributed by atoms with Gasteiger partial charge in [-0.3, -0.25) is 4.79 Å². The van der Waals surface area contributed by atoms with E-state index in [1.54, 1.807) is 30.3 Å². The molecule has 1 amide bonds. The Bertz CT molecular complexity index is 677. The minimum absolute atomic E-state index is 0.0231. The van der Waals surface area contributed by atoms with Crippen LogP contribution in [0.15, 0.2) is 35.2 Å². The lowest BCUT2D eigenvalue weighted by Gasteiger charge is -2.43. The zero-order chi connectivity index (χ0) is 17.8. The Hall–Kier alpha value is -1.44. The van der Waals surface area contributed by atoms with Gasteiger partial charge in [0.2, 0.25) is 5.91 Å². The van der Waals surface area contributed by atoms with Crippen molar-refractivity contribution in [2.75, 3.05) is 25.6 Å². The van der Waals surface area contributed by atoms with E-state index in [9.17, 15) is 13.2 Å². The van der Waals surface area contributed by atoms with Crippen molar-refractivity contribution in [3.05, 3.63) is 30.3 Å². The molecule has 0 aromatic heterocycles. The first-order chi connectivity index (χ1) is 12.0. The summed E-state index contributed by atoms with van der Waals surface area (Å²) < 4.78 is 35.9. The lowest BCUT2D eigenvalue weighted by molar-refractivity contribution is -0.143. The average molecular weight is 367 g/mol. The van der Waals surface area contributed by atoms with E-state index >= 15 is 0 Å². The van der Waals surface area contributed by atoms with Crippen LogP contribution >= 0.6 is 0 Å². The van der Waals surface area contributed by atoms with E-state index in [1.807, 2.05) is 0 Å². The van der Waals surface area contributed by atoms with E-state index in [1.165, 1.54) is 0 Å². The third-order valence-corrected chi connectivity index (χ3v) is 6.69. The summed E-state index contributed by atoms with van der Waals surface area (Å²) in [5, 5.41) is 2.99. The molecule has 1 spiro atoms. The Labute approximate surface area is 148 Å². The van der Waals surface area contributed by atoms with E-state index in [-0.39, 0.29) is 34.6 Å².